The number of ketones is 1. The van der Waals surface area contributed by atoms with Crippen molar-refractivity contribution in [3.8, 4) is 5.75 Å². The van der Waals surface area contributed by atoms with Gasteiger partial charge in [-0.25, -0.2) is 0 Å². The van der Waals surface area contributed by atoms with Gasteiger partial charge < -0.3 is 9.15 Å². The maximum Gasteiger partial charge on any atom is 0.207 e. The molecule has 0 aliphatic rings. The molecule has 3 aromatic rings. The van der Waals surface area contributed by atoms with Crippen LogP contribution in [0.5, 0.6) is 5.75 Å². The van der Waals surface area contributed by atoms with E-state index in [2.05, 4.69) is 31.1 Å². The van der Waals surface area contributed by atoms with Gasteiger partial charge in [0.2, 0.25) is 5.78 Å². The molecule has 27 heavy (non-hydrogen) atoms. The summed E-state index contributed by atoms with van der Waals surface area (Å²) in [5, 5.41) is 4.36. The van der Waals surface area contributed by atoms with E-state index in [9.17, 15) is 4.79 Å². The van der Waals surface area contributed by atoms with E-state index in [0.29, 0.717) is 29.1 Å². The molecule has 0 bridgehead atoms. The Labute approximate surface area is 163 Å². The Morgan fingerprint density at radius 2 is 2.00 bits per heavy atom. The molecule has 140 valence electrons. The van der Waals surface area contributed by atoms with E-state index in [1.165, 1.54) is 16.3 Å². The second kappa shape index (κ2) is 8.27. The van der Waals surface area contributed by atoms with Gasteiger partial charge in [-0.15, -0.1) is 0 Å². The maximum absolute atomic E-state index is 12.1. The molecule has 6 heteroatoms. The van der Waals surface area contributed by atoms with Crippen molar-refractivity contribution in [3.05, 3.63) is 76.5 Å². The minimum absolute atomic E-state index is 0.218. The summed E-state index contributed by atoms with van der Waals surface area (Å²) in [6.07, 6.45) is 4.56. The predicted octanol–water partition coefficient (Wildman–Crippen LogP) is 5.27. The van der Waals surface area contributed by atoms with Crippen molar-refractivity contribution in [1.82, 2.24) is 9.78 Å². The first-order valence-corrected chi connectivity index (χ1v) is 9.03. The molecule has 0 spiro atoms. The fourth-order valence-electron chi connectivity index (χ4n) is 2.53. The third-order valence-electron chi connectivity index (χ3n) is 4.03. The fourth-order valence-corrected chi connectivity index (χ4v) is 2.80. The lowest BCUT2D eigenvalue weighted by atomic mass is 10.0. The lowest BCUT2D eigenvalue weighted by Gasteiger charge is -2.07. The number of aromatic nitrogens is 2. The molecule has 2 heterocycles. The van der Waals surface area contributed by atoms with Gasteiger partial charge in [-0.05, 0) is 47.9 Å². The highest BCUT2D eigenvalue weighted by Crippen LogP contribution is 2.20. The van der Waals surface area contributed by atoms with E-state index in [-0.39, 0.29) is 11.5 Å². The normalized spacial score (nSPS) is 11.4. The van der Waals surface area contributed by atoms with Crippen LogP contribution in [0.2, 0.25) is 5.02 Å². The Balaban J connectivity index is 1.58. The first kappa shape index (κ1) is 19.0. The number of allylic oxidation sites excluding steroid dienone is 1. The van der Waals surface area contributed by atoms with Gasteiger partial charge in [0.05, 0.1) is 5.02 Å². The van der Waals surface area contributed by atoms with Crippen LogP contribution in [-0.4, -0.2) is 15.6 Å². The smallest absolute Gasteiger partial charge is 0.207 e. The molecule has 0 radical (unpaired) electrons. The Kier molecular flexibility index (Phi) is 5.81. The van der Waals surface area contributed by atoms with Crippen LogP contribution in [0.25, 0.3) is 6.08 Å². The molecule has 0 fully saturated rings. The van der Waals surface area contributed by atoms with Crippen molar-refractivity contribution in [2.45, 2.75) is 26.4 Å². The van der Waals surface area contributed by atoms with Gasteiger partial charge in [0.15, 0.2) is 5.69 Å². The average molecular weight is 385 g/mol. The molecule has 0 saturated heterocycles. The molecule has 0 aliphatic carbocycles. The number of halogens is 1. The summed E-state index contributed by atoms with van der Waals surface area (Å²) < 4.78 is 12.9. The highest BCUT2D eigenvalue weighted by Gasteiger charge is 2.12. The summed E-state index contributed by atoms with van der Waals surface area (Å²) in [6, 6.07) is 11.6. The standard InChI is InChI=1S/C21H21ClN2O3/c1-14(2)15-4-6-16(7-5-15)26-13-18-9-8-17(27-18)10-11-20(25)21-19(22)12-24(3)23-21/h4-12,14H,13H2,1-3H3/b11-10+. The van der Waals surface area contributed by atoms with E-state index in [0.717, 1.165) is 5.75 Å². The number of hydrogen-bond donors (Lipinski definition) is 0. The molecular weight excluding hydrogens is 364 g/mol. The summed E-state index contributed by atoms with van der Waals surface area (Å²) in [6.45, 7) is 4.62. The third kappa shape index (κ3) is 4.89. The lowest BCUT2D eigenvalue weighted by Crippen LogP contribution is -1.98. The van der Waals surface area contributed by atoms with E-state index in [4.69, 9.17) is 20.8 Å². The average Bonchev–Trinajstić information content (AvgIpc) is 3.24. The molecule has 0 aliphatic heterocycles. The van der Waals surface area contributed by atoms with E-state index < -0.39 is 0 Å². The van der Waals surface area contributed by atoms with Crippen LogP contribution in [0, 0.1) is 0 Å². The van der Waals surface area contributed by atoms with Crippen molar-refractivity contribution >= 4 is 23.5 Å². The number of carbonyl (C=O) groups excluding carboxylic acids is 1. The molecule has 1 aromatic carbocycles. The second-order valence-electron chi connectivity index (χ2n) is 6.51. The number of nitrogens with zero attached hydrogens (tertiary/aromatic N) is 2. The monoisotopic (exact) mass is 384 g/mol. The van der Waals surface area contributed by atoms with Crippen LogP contribution in [0.4, 0.5) is 0 Å². The number of benzene rings is 1. The Morgan fingerprint density at radius 3 is 2.63 bits per heavy atom. The Bertz CT molecular complexity index is 952. The molecule has 3 rings (SSSR count). The highest BCUT2D eigenvalue weighted by atomic mass is 35.5. The molecule has 0 unspecified atom stereocenters. The van der Waals surface area contributed by atoms with Crippen LogP contribution >= 0.6 is 11.6 Å². The van der Waals surface area contributed by atoms with E-state index >= 15 is 0 Å². The Hall–Kier alpha value is -2.79. The van der Waals surface area contributed by atoms with Gasteiger partial charge >= 0.3 is 0 Å². The van der Waals surface area contributed by atoms with Crippen molar-refractivity contribution in [2.75, 3.05) is 0 Å². The van der Waals surface area contributed by atoms with Crippen molar-refractivity contribution in [2.24, 2.45) is 7.05 Å². The molecule has 0 saturated carbocycles. The SMILES string of the molecule is CC(C)c1ccc(OCc2ccc(/C=C/C(=O)c3nn(C)cc3Cl)o2)cc1. The summed E-state index contributed by atoms with van der Waals surface area (Å²) in [5.41, 5.74) is 1.49. The van der Waals surface area contributed by atoms with Crippen molar-refractivity contribution in [1.29, 1.82) is 0 Å². The lowest BCUT2D eigenvalue weighted by molar-refractivity contribution is 0.104. The van der Waals surface area contributed by atoms with E-state index in [1.54, 1.807) is 25.4 Å². The summed E-state index contributed by atoms with van der Waals surface area (Å²) in [4.78, 5) is 12.1. The largest absolute Gasteiger partial charge is 0.486 e. The number of ether oxygens (including phenoxy) is 1. The highest BCUT2D eigenvalue weighted by molar-refractivity contribution is 6.34. The minimum atomic E-state index is -0.278. The van der Waals surface area contributed by atoms with Crippen LogP contribution in [-0.2, 0) is 13.7 Å². The van der Waals surface area contributed by atoms with Crippen LogP contribution in [0.3, 0.4) is 0 Å². The number of hydrogen-bond acceptors (Lipinski definition) is 4. The van der Waals surface area contributed by atoms with Gasteiger partial charge in [-0.2, -0.15) is 5.10 Å². The number of rotatable bonds is 7. The zero-order chi connectivity index (χ0) is 19.4. The molecule has 0 N–H and O–H groups in total. The quantitative estimate of drug-likeness (QED) is 0.411. The number of aryl methyl sites for hydroxylation is 1. The number of carbonyl (C=O) groups is 1. The summed E-state index contributed by atoms with van der Waals surface area (Å²) in [5.74, 6) is 2.23. The summed E-state index contributed by atoms with van der Waals surface area (Å²) in [7, 11) is 1.71. The third-order valence-corrected chi connectivity index (χ3v) is 4.30. The zero-order valence-corrected chi connectivity index (χ0v) is 16.2. The second-order valence-corrected chi connectivity index (χ2v) is 6.92. The van der Waals surface area contributed by atoms with Gasteiger partial charge in [0.25, 0.3) is 0 Å². The maximum atomic E-state index is 12.1. The first-order chi connectivity index (χ1) is 12.9. The molecule has 2 aromatic heterocycles. The van der Waals surface area contributed by atoms with Crippen LogP contribution in [0.1, 0.15) is 47.3 Å². The molecule has 0 atom stereocenters. The first-order valence-electron chi connectivity index (χ1n) is 8.65. The Morgan fingerprint density at radius 1 is 1.26 bits per heavy atom. The summed E-state index contributed by atoms with van der Waals surface area (Å²) >= 11 is 5.97. The fraction of sp³-hybridized carbons (Fsp3) is 0.238. The van der Waals surface area contributed by atoms with E-state index in [1.807, 2.05) is 18.2 Å². The van der Waals surface area contributed by atoms with Crippen LogP contribution in [0.15, 0.2) is 53.1 Å². The van der Waals surface area contributed by atoms with Gasteiger partial charge in [-0.3, -0.25) is 9.48 Å². The zero-order valence-electron chi connectivity index (χ0n) is 15.5. The minimum Gasteiger partial charge on any atom is -0.486 e. The number of furan rings is 1. The van der Waals surface area contributed by atoms with Gasteiger partial charge in [0.1, 0.15) is 23.9 Å². The van der Waals surface area contributed by atoms with Gasteiger partial charge in [-0.1, -0.05) is 37.6 Å². The molecule has 5 nitrogen and oxygen atoms in total. The molecular formula is C21H21ClN2O3. The van der Waals surface area contributed by atoms with Crippen molar-refractivity contribution < 1.29 is 13.9 Å². The molecule has 0 amide bonds. The van der Waals surface area contributed by atoms with Crippen molar-refractivity contribution in [3.63, 3.8) is 0 Å². The van der Waals surface area contributed by atoms with Crippen LogP contribution < -0.4 is 4.74 Å². The predicted molar refractivity (Wildman–Crippen MR) is 105 cm³/mol. The van der Waals surface area contributed by atoms with Gasteiger partial charge in [0, 0.05) is 13.2 Å². The topological polar surface area (TPSA) is 57.3 Å².